The summed E-state index contributed by atoms with van der Waals surface area (Å²) in [4.78, 5) is 13.1. The Morgan fingerprint density at radius 3 is 2.90 bits per heavy atom. The average molecular weight is 291 g/mol. The SMILES string of the molecule is CC1(C)CN(Cc2ccccc2/C=C/C(=O)O)CCS1. The molecule has 108 valence electrons. The van der Waals surface area contributed by atoms with Gasteiger partial charge in [-0.05, 0) is 31.1 Å². The van der Waals surface area contributed by atoms with Crippen molar-refractivity contribution in [3.63, 3.8) is 0 Å². The minimum Gasteiger partial charge on any atom is -0.478 e. The molecule has 0 atom stereocenters. The van der Waals surface area contributed by atoms with Crippen LogP contribution in [0.1, 0.15) is 25.0 Å². The number of aliphatic carboxylic acids is 1. The Morgan fingerprint density at radius 1 is 1.45 bits per heavy atom. The predicted octanol–water partition coefficient (Wildman–Crippen LogP) is 3.11. The first kappa shape index (κ1) is 15.1. The summed E-state index contributed by atoms with van der Waals surface area (Å²) in [6, 6.07) is 8.01. The van der Waals surface area contributed by atoms with Gasteiger partial charge in [0.2, 0.25) is 0 Å². The zero-order valence-electron chi connectivity index (χ0n) is 12.0. The van der Waals surface area contributed by atoms with Crippen LogP contribution in [0.5, 0.6) is 0 Å². The summed E-state index contributed by atoms with van der Waals surface area (Å²) >= 11 is 2.02. The maximum Gasteiger partial charge on any atom is 0.328 e. The average Bonchev–Trinajstić information content (AvgIpc) is 2.36. The molecule has 0 unspecified atom stereocenters. The summed E-state index contributed by atoms with van der Waals surface area (Å²) in [5.74, 6) is 0.246. The van der Waals surface area contributed by atoms with Crippen LogP contribution in [-0.4, -0.2) is 39.6 Å². The van der Waals surface area contributed by atoms with E-state index in [9.17, 15) is 4.79 Å². The molecule has 0 bridgehead atoms. The number of carboxylic acids is 1. The summed E-state index contributed by atoms with van der Waals surface area (Å²) in [5, 5.41) is 8.76. The summed E-state index contributed by atoms with van der Waals surface area (Å²) in [6.45, 7) is 7.59. The molecule has 1 N–H and O–H groups in total. The fourth-order valence-electron chi connectivity index (χ4n) is 2.49. The Labute approximate surface area is 124 Å². The second-order valence-corrected chi connectivity index (χ2v) is 7.49. The van der Waals surface area contributed by atoms with E-state index in [0.717, 1.165) is 31.0 Å². The molecule has 4 heteroatoms. The van der Waals surface area contributed by atoms with Crippen molar-refractivity contribution in [2.24, 2.45) is 0 Å². The van der Waals surface area contributed by atoms with E-state index in [0.29, 0.717) is 4.75 Å². The number of carboxylic acid groups (broad SMARTS) is 1. The summed E-state index contributed by atoms with van der Waals surface area (Å²) in [5.41, 5.74) is 2.18. The molecule has 0 radical (unpaired) electrons. The van der Waals surface area contributed by atoms with Crippen LogP contribution in [0.25, 0.3) is 6.08 Å². The van der Waals surface area contributed by atoms with Gasteiger partial charge in [-0.15, -0.1) is 0 Å². The van der Waals surface area contributed by atoms with Crippen LogP contribution >= 0.6 is 11.8 Å². The van der Waals surface area contributed by atoms with Gasteiger partial charge in [0.25, 0.3) is 0 Å². The summed E-state index contributed by atoms with van der Waals surface area (Å²) in [7, 11) is 0. The second-order valence-electron chi connectivity index (χ2n) is 5.69. The largest absolute Gasteiger partial charge is 0.478 e. The van der Waals surface area contributed by atoms with Crippen molar-refractivity contribution < 1.29 is 9.90 Å². The summed E-state index contributed by atoms with van der Waals surface area (Å²) in [6.07, 6.45) is 2.89. The van der Waals surface area contributed by atoms with Crippen molar-refractivity contribution in [1.29, 1.82) is 0 Å². The molecular weight excluding hydrogens is 270 g/mol. The number of hydrogen-bond acceptors (Lipinski definition) is 3. The second kappa shape index (κ2) is 6.46. The molecule has 20 heavy (non-hydrogen) atoms. The maximum absolute atomic E-state index is 10.7. The number of carbonyl (C=O) groups is 1. The molecule has 1 aliphatic heterocycles. The molecule has 1 aromatic carbocycles. The van der Waals surface area contributed by atoms with Crippen LogP contribution in [0.2, 0.25) is 0 Å². The number of nitrogens with zero attached hydrogens (tertiary/aromatic N) is 1. The number of hydrogen-bond donors (Lipinski definition) is 1. The van der Waals surface area contributed by atoms with Crippen molar-refractivity contribution in [3.8, 4) is 0 Å². The van der Waals surface area contributed by atoms with E-state index in [1.807, 2.05) is 30.0 Å². The summed E-state index contributed by atoms with van der Waals surface area (Å²) < 4.78 is 0.296. The molecule has 1 aromatic rings. The molecule has 0 aromatic heterocycles. The van der Waals surface area contributed by atoms with Gasteiger partial charge in [-0.1, -0.05) is 24.3 Å². The third-order valence-electron chi connectivity index (χ3n) is 3.36. The monoisotopic (exact) mass is 291 g/mol. The van der Waals surface area contributed by atoms with Crippen molar-refractivity contribution >= 4 is 23.8 Å². The Balaban J connectivity index is 2.11. The standard InChI is InChI=1S/C16H21NO2S/c1-16(2)12-17(9-10-20-16)11-14-6-4-3-5-13(14)7-8-15(18)19/h3-8H,9-12H2,1-2H3,(H,18,19)/b8-7+. The van der Waals surface area contributed by atoms with Crippen molar-refractivity contribution in [1.82, 2.24) is 4.90 Å². The zero-order valence-corrected chi connectivity index (χ0v) is 12.8. The molecular formula is C16H21NO2S. The van der Waals surface area contributed by atoms with Gasteiger partial charge in [0.1, 0.15) is 0 Å². The third kappa shape index (κ3) is 4.39. The van der Waals surface area contributed by atoms with Crippen LogP contribution < -0.4 is 0 Å². The highest BCUT2D eigenvalue weighted by molar-refractivity contribution is 8.00. The molecule has 1 fully saturated rings. The van der Waals surface area contributed by atoms with Gasteiger partial charge in [-0.2, -0.15) is 11.8 Å². The van der Waals surface area contributed by atoms with E-state index < -0.39 is 5.97 Å². The van der Waals surface area contributed by atoms with Gasteiger partial charge in [-0.25, -0.2) is 4.79 Å². The van der Waals surface area contributed by atoms with Crippen LogP contribution in [0.4, 0.5) is 0 Å². The van der Waals surface area contributed by atoms with Gasteiger partial charge < -0.3 is 5.11 Å². The molecule has 2 rings (SSSR count). The molecule has 3 nitrogen and oxygen atoms in total. The van der Waals surface area contributed by atoms with Crippen LogP contribution in [-0.2, 0) is 11.3 Å². The first-order valence-corrected chi connectivity index (χ1v) is 7.80. The highest BCUT2D eigenvalue weighted by Crippen LogP contribution is 2.30. The maximum atomic E-state index is 10.7. The lowest BCUT2D eigenvalue weighted by atomic mass is 10.1. The van der Waals surface area contributed by atoms with Crippen molar-refractivity contribution in [2.45, 2.75) is 25.1 Å². The minimum atomic E-state index is -0.907. The minimum absolute atomic E-state index is 0.296. The van der Waals surface area contributed by atoms with Gasteiger partial charge in [0.05, 0.1) is 0 Å². The predicted molar refractivity (Wildman–Crippen MR) is 84.9 cm³/mol. The van der Waals surface area contributed by atoms with Crippen LogP contribution in [0, 0.1) is 0 Å². The van der Waals surface area contributed by atoms with E-state index in [4.69, 9.17) is 5.11 Å². The normalized spacial score (nSPS) is 19.3. The lowest BCUT2D eigenvalue weighted by Gasteiger charge is -2.37. The first-order valence-electron chi connectivity index (χ1n) is 6.81. The first-order chi connectivity index (χ1) is 9.46. The van der Waals surface area contributed by atoms with Gasteiger partial charge in [-0.3, -0.25) is 4.90 Å². The highest BCUT2D eigenvalue weighted by atomic mass is 32.2. The Kier molecular flexibility index (Phi) is 4.89. The van der Waals surface area contributed by atoms with Crippen molar-refractivity contribution in [2.75, 3.05) is 18.8 Å². The van der Waals surface area contributed by atoms with E-state index in [1.165, 1.54) is 11.6 Å². The van der Waals surface area contributed by atoms with E-state index >= 15 is 0 Å². The zero-order chi connectivity index (χ0) is 14.6. The van der Waals surface area contributed by atoms with E-state index in [-0.39, 0.29) is 0 Å². The molecule has 0 aliphatic carbocycles. The number of rotatable bonds is 4. The highest BCUT2D eigenvalue weighted by Gasteiger charge is 2.26. The third-order valence-corrected chi connectivity index (χ3v) is 4.66. The van der Waals surface area contributed by atoms with E-state index in [2.05, 4.69) is 24.8 Å². The van der Waals surface area contributed by atoms with Gasteiger partial charge in [0.15, 0.2) is 0 Å². The van der Waals surface area contributed by atoms with Gasteiger partial charge in [0, 0.05) is 36.2 Å². The number of thioether (sulfide) groups is 1. The Bertz CT molecular complexity index is 511. The van der Waals surface area contributed by atoms with Gasteiger partial charge >= 0.3 is 5.97 Å². The molecule has 1 heterocycles. The fraction of sp³-hybridized carbons (Fsp3) is 0.438. The Morgan fingerprint density at radius 2 is 2.20 bits per heavy atom. The van der Waals surface area contributed by atoms with Crippen LogP contribution in [0.3, 0.4) is 0 Å². The molecule has 1 saturated heterocycles. The topological polar surface area (TPSA) is 40.5 Å². The lowest BCUT2D eigenvalue weighted by molar-refractivity contribution is -0.131. The fourth-order valence-corrected chi connectivity index (χ4v) is 3.67. The number of benzene rings is 1. The molecule has 0 saturated carbocycles. The molecule has 1 aliphatic rings. The lowest BCUT2D eigenvalue weighted by Crippen LogP contribution is -2.42. The van der Waals surface area contributed by atoms with Crippen LogP contribution in [0.15, 0.2) is 30.3 Å². The molecule has 0 amide bonds. The van der Waals surface area contributed by atoms with E-state index in [1.54, 1.807) is 6.08 Å². The molecule has 0 spiro atoms. The quantitative estimate of drug-likeness (QED) is 0.865. The smallest absolute Gasteiger partial charge is 0.328 e. The van der Waals surface area contributed by atoms with Crippen molar-refractivity contribution in [3.05, 3.63) is 41.5 Å². The Hall–Kier alpha value is -1.26.